The van der Waals surface area contributed by atoms with Crippen LogP contribution in [0.25, 0.3) is 5.76 Å². The first kappa shape index (κ1) is 20.0. The van der Waals surface area contributed by atoms with Crippen molar-refractivity contribution in [1.29, 1.82) is 0 Å². The van der Waals surface area contributed by atoms with Crippen molar-refractivity contribution in [3.63, 3.8) is 0 Å². The molecular formula is C19H18ClN3O7. The molecule has 3 aliphatic carbocycles. The second kappa shape index (κ2) is 6.13. The number of carbonyl (C=O) groups is 3. The van der Waals surface area contributed by atoms with Crippen LogP contribution in [-0.2, 0) is 20.8 Å². The minimum atomic E-state index is -2.62. The topological polar surface area (TPSA) is 210 Å². The zero-order valence-electron chi connectivity index (χ0n) is 15.4. The number of amides is 1. The van der Waals surface area contributed by atoms with Crippen molar-refractivity contribution in [2.24, 2.45) is 17.6 Å². The van der Waals surface area contributed by atoms with Crippen molar-refractivity contribution in [2.45, 2.75) is 24.9 Å². The average Bonchev–Trinajstić information content (AvgIpc) is 2.67. The lowest BCUT2D eigenvalue weighted by atomic mass is 9.59. The summed E-state index contributed by atoms with van der Waals surface area (Å²) in [5.41, 5.74) is 12.9. The molecule has 1 aromatic rings. The van der Waals surface area contributed by atoms with Crippen LogP contribution in [0.5, 0.6) is 5.75 Å². The molecule has 1 fully saturated rings. The molecule has 4 rings (SSSR count). The standard InChI is InChI=1S/C19H18ClN3O7/c20-11-12(21)6-2-4-1-5-3-7(24)10(18(23)29)17(28)19(5,30)16(27)8(4)14(25)9(6)15(26)13(11)22/h4-5,25-26,28,30H,1-3,21-22H2,(H2,23,29)/t4?,5?,19-/m0/s1. The summed E-state index contributed by atoms with van der Waals surface area (Å²) in [5.74, 6) is -7.29. The number of hydrogen-bond acceptors (Lipinski definition) is 9. The molecule has 3 atom stereocenters. The lowest BCUT2D eigenvalue weighted by molar-refractivity contribution is -0.147. The molecule has 30 heavy (non-hydrogen) atoms. The molecular weight excluding hydrogens is 418 g/mol. The van der Waals surface area contributed by atoms with Crippen LogP contribution in [0.4, 0.5) is 11.4 Å². The first-order valence-electron chi connectivity index (χ1n) is 8.98. The smallest absolute Gasteiger partial charge is 0.255 e. The summed E-state index contributed by atoms with van der Waals surface area (Å²) < 4.78 is 0. The number of aromatic hydroxyl groups is 1. The zero-order valence-corrected chi connectivity index (χ0v) is 16.2. The third-order valence-corrected chi connectivity index (χ3v) is 6.66. The number of hydrogen-bond donors (Lipinski definition) is 7. The molecule has 0 aliphatic heterocycles. The molecule has 10 nitrogen and oxygen atoms in total. The molecule has 158 valence electrons. The molecule has 0 bridgehead atoms. The fourth-order valence-electron chi connectivity index (χ4n) is 4.77. The summed E-state index contributed by atoms with van der Waals surface area (Å²) >= 11 is 6.05. The highest BCUT2D eigenvalue weighted by Crippen LogP contribution is 2.54. The van der Waals surface area contributed by atoms with E-state index in [1.165, 1.54) is 0 Å². The number of benzene rings is 1. The van der Waals surface area contributed by atoms with E-state index in [4.69, 9.17) is 28.8 Å². The van der Waals surface area contributed by atoms with Crippen LogP contribution in [0.3, 0.4) is 0 Å². The maximum Gasteiger partial charge on any atom is 0.255 e. The molecule has 11 heteroatoms. The highest BCUT2D eigenvalue weighted by molar-refractivity contribution is 6.36. The minimum Gasteiger partial charge on any atom is -0.508 e. The Kier molecular flexibility index (Phi) is 4.10. The zero-order chi connectivity index (χ0) is 22.3. The van der Waals surface area contributed by atoms with Crippen molar-refractivity contribution < 1.29 is 34.8 Å². The number of aliphatic hydroxyl groups excluding tert-OH is 2. The van der Waals surface area contributed by atoms with E-state index in [2.05, 4.69) is 0 Å². The van der Waals surface area contributed by atoms with Crippen molar-refractivity contribution in [3.8, 4) is 5.75 Å². The van der Waals surface area contributed by atoms with Crippen molar-refractivity contribution in [3.05, 3.63) is 33.1 Å². The number of fused-ring (bicyclic) bond motifs is 3. The van der Waals surface area contributed by atoms with Crippen LogP contribution >= 0.6 is 11.6 Å². The van der Waals surface area contributed by atoms with Crippen LogP contribution in [0.15, 0.2) is 16.9 Å². The van der Waals surface area contributed by atoms with Gasteiger partial charge in [-0.15, -0.1) is 0 Å². The molecule has 3 aliphatic rings. The van der Waals surface area contributed by atoms with Crippen LogP contribution in [-0.4, -0.2) is 43.5 Å². The first-order valence-corrected chi connectivity index (χ1v) is 9.36. The number of nitrogen functional groups attached to an aromatic ring is 2. The lowest BCUT2D eigenvalue weighted by Crippen LogP contribution is -2.58. The monoisotopic (exact) mass is 435 g/mol. The van der Waals surface area contributed by atoms with Gasteiger partial charge in [0, 0.05) is 17.9 Å². The quantitative estimate of drug-likeness (QED) is 0.139. The third-order valence-electron chi connectivity index (χ3n) is 6.25. The first-order chi connectivity index (χ1) is 13.9. The fourth-order valence-corrected chi connectivity index (χ4v) is 4.97. The molecule has 10 N–H and O–H groups in total. The predicted molar refractivity (Wildman–Crippen MR) is 105 cm³/mol. The average molecular weight is 436 g/mol. The van der Waals surface area contributed by atoms with Gasteiger partial charge >= 0.3 is 0 Å². The van der Waals surface area contributed by atoms with Gasteiger partial charge in [-0.25, -0.2) is 0 Å². The van der Waals surface area contributed by atoms with Gasteiger partial charge in [-0.2, -0.15) is 0 Å². The Balaban J connectivity index is 1.98. The van der Waals surface area contributed by atoms with Gasteiger partial charge in [0.15, 0.2) is 17.1 Å². The van der Waals surface area contributed by atoms with Crippen LogP contribution < -0.4 is 17.2 Å². The van der Waals surface area contributed by atoms with Crippen molar-refractivity contribution >= 4 is 46.2 Å². The van der Waals surface area contributed by atoms with E-state index in [1.54, 1.807) is 0 Å². The van der Waals surface area contributed by atoms with E-state index in [-0.39, 0.29) is 45.9 Å². The molecule has 1 saturated carbocycles. The number of primary amides is 1. The normalized spacial score (nSPS) is 28.2. The fraction of sp³-hybridized carbons (Fsp3) is 0.316. The van der Waals surface area contributed by atoms with Crippen LogP contribution in [0, 0.1) is 11.8 Å². The third kappa shape index (κ3) is 2.25. The SMILES string of the molecule is NC(=O)C1=C(O)[C@@]2(O)C(=O)C3=C(O)c4c(O)c(N)c(Cl)c(N)c4CC3CC2CC1=O. The highest BCUT2D eigenvalue weighted by Gasteiger charge is 2.60. The Hall–Kier alpha value is -3.24. The second-order valence-corrected chi connectivity index (χ2v) is 8.13. The van der Waals surface area contributed by atoms with Gasteiger partial charge in [0.1, 0.15) is 17.1 Å². The van der Waals surface area contributed by atoms with Gasteiger partial charge in [0.25, 0.3) is 5.91 Å². The number of phenolic OH excluding ortho intramolecular Hbond substituents is 1. The summed E-state index contributed by atoms with van der Waals surface area (Å²) in [4.78, 5) is 37.1. The summed E-state index contributed by atoms with van der Waals surface area (Å²) in [6, 6.07) is 0. The number of aliphatic hydroxyl groups is 3. The van der Waals surface area contributed by atoms with Gasteiger partial charge in [-0.05, 0) is 24.3 Å². The van der Waals surface area contributed by atoms with Crippen molar-refractivity contribution in [2.75, 3.05) is 11.5 Å². The van der Waals surface area contributed by atoms with Crippen LogP contribution in [0.1, 0.15) is 24.0 Å². The van der Waals surface area contributed by atoms with Gasteiger partial charge in [-0.3, -0.25) is 14.4 Å². The number of Topliss-reactive ketones (excluding diaryl/α,β-unsaturated/α-hetero) is 2. The van der Waals surface area contributed by atoms with E-state index >= 15 is 0 Å². The highest BCUT2D eigenvalue weighted by atomic mass is 35.5. The predicted octanol–water partition coefficient (Wildman–Crippen LogP) is 0.242. The number of rotatable bonds is 1. The molecule has 2 unspecified atom stereocenters. The number of anilines is 2. The number of carbonyl (C=O) groups excluding carboxylic acids is 3. The Morgan fingerprint density at radius 1 is 1.10 bits per heavy atom. The summed E-state index contributed by atoms with van der Waals surface area (Å²) in [5, 5.41) is 42.7. The summed E-state index contributed by atoms with van der Waals surface area (Å²) in [7, 11) is 0. The molecule has 1 aromatic carbocycles. The summed E-state index contributed by atoms with van der Waals surface area (Å²) in [6.07, 6.45) is -0.329. The second-order valence-electron chi connectivity index (χ2n) is 7.75. The van der Waals surface area contributed by atoms with E-state index in [0.717, 1.165) is 0 Å². The minimum absolute atomic E-state index is 0.00507. The van der Waals surface area contributed by atoms with Crippen molar-refractivity contribution in [1.82, 2.24) is 0 Å². The Bertz CT molecular complexity index is 1140. The van der Waals surface area contributed by atoms with Gasteiger partial charge in [-0.1, -0.05) is 11.6 Å². The Labute approximate surface area is 174 Å². The molecule has 1 amide bonds. The molecule has 0 radical (unpaired) electrons. The van der Waals surface area contributed by atoms with Gasteiger partial charge in [0.05, 0.1) is 22.0 Å². The number of nitrogens with two attached hydrogens (primary N) is 3. The van der Waals surface area contributed by atoms with Gasteiger partial charge < -0.3 is 37.6 Å². The number of phenols is 1. The van der Waals surface area contributed by atoms with E-state index < -0.39 is 64.2 Å². The largest absolute Gasteiger partial charge is 0.508 e. The van der Waals surface area contributed by atoms with Crippen LogP contribution in [0.2, 0.25) is 5.02 Å². The Morgan fingerprint density at radius 3 is 2.33 bits per heavy atom. The molecule has 0 aromatic heterocycles. The lowest BCUT2D eigenvalue weighted by Gasteiger charge is -2.46. The maximum atomic E-state index is 13.3. The van der Waals surface area contributed by atoms with E-state index in [9.17, 15) is 34.8 Å². The van der Waals surface area contributed by atoms with Gasteiger partial charge in [0.2, 0.25) is 5.78 Å². The molecule has 0 heterocycles. The number of ketones is 2. The maximum absolute atomic E-state index is 13.3. The van der Waals surface area contributed by atoms with E-state index in [0.29, 0.717) is 0 Å². The Morgan fingerprint density at radius 2 is 1.73 bits per heavy atom. The molecule has 0 saturated heterocycles. The number of halogens is 1. The molecule has 0 spiro atoms. The van der Waals surface area contributed by atoms with E-state index in [1.807, 2.05) is 0 Å². The summed E-state index contributed by atoms with van der Waals surface area (Å²) in [6.45, 7) is 0.